The Morgan fingerprint density at radius 3 is 2.77 bits per heavy atom. The van der Waals surface area contributed by atoms with Gasteiger partial charge in [-0.05, 0) is 39.3 Å². The summed E-state index contributed by atoms with van der Waals surface area (Å²) in [4.78, 5) is 18.4. The maximum Gasteiger partial charge on any atom is 0.272 e. The predicted molar refractivity (Wildman–Crippen MR) is 86.8 cm³/mol. The molecule has 1 atom stereocenters. The van der Waals surface area contributed by atoms with Crippen LogP contribution in [-0.2, 0) is 9.84 Å². The Bertz CT molecular complexity index is 643. The summed E-state index contributed by atoms with van der Waals surface area (Å²) < 4.78 is 23.3. The molecule has 2 heterocycles. The standard InChI is InChI=1S/C15H23N3O3S/c1-4-18(13-6-8-22(20,21)10-13)15(19)14-9-12(5-7-16-14)17-11(2)3/h5,7,9,11,13H,4,6,8,10H2,1-3H3,(H,16,17). The van der Waals surface area contributed by atoms with Crippen LogP contribution in [0.1, 0.15) is 37.7 Å². The van der Waals surface area contributed by atoms with Gasteiger partial charge in [-0.3, -0.25) is 9.78 Å². The first-order valence-corrected chi connectivity index (χ1v) is 9.38. The predicted octanol–water partition coefficient (Wildman–Crippen LogP) is 1.55. The van der Waals surface area contributed by atoms with E-state index in [1.807, 2.05) is 26.8 Å². The second kappa shape index (κ2) is 6.64. The number of pyridine rings is 1. The highest BCUT2D eigenvalue weighted by atomic mass is 32.2. The summed E-state index contributed by atoms with van der Waals surface area (Å²) in [6.07, 6.45) is 2.10. The molecule has 1 saturated heterocycles. The highest BCUT2D eigenvalue weighted by Crippen LogP contribution is 2.20. The molecule has 0 aliphatic carbocycles. The van der Waals surface area contributed by atoms with E-state index in [4.69, 9.17) is 0 Å². The van der Waals surface area contributed by atoms with Crippen LogP contribution in [0.5, 0.6) is 0 Å². The van der Waals surface area contributed by atoms with Crippen LogP contribution in [0.2, 0.25) is 0 Å². The normalized spacial score (nSPS) is 20.1. The molecule has 0 spiro atoms. The van der Waals surface area contributed by atoms with Crippen LogP contribution in [-0.4, -0.2) is 54.3 Å². The third kappa shape index (κ3) is 3.97. The Kier molecular flexibility index (Phi) is 5.05. The summed E-state index contributed by atoms with van der Waals surface area (Å²) in [5.41, 5.74) is 1.18. The summed E-state index contributed by atoms with van der Waals surface area (Å²) in [5.74, 6) is -0.00244. The minimum atomic E-state index is -3.02. The van der Waals surface area contributed by atoms with Crippen LogP contribution in [0.4, 0.5) is 5.69 Å². The van der Waals surface area contributed by atoms with Crippen LogP contribution in [0.15, 0.2) is 18.3 Å². The van der Waals surface area contributed by atoms with Crippen molar-refractivity contribution in [2.75, 3.05) is 23.4 Å². The van der Waals surface area contributed by atoms with Crippen molar-refractivity contribution >= 4 is 21.4 Å². The molecule has 0 aromatic carbocycles. The van der Waals surface area contributed by atoms with E-state index in [9.17, 15) is 13.2 Å². The van der Waals surface area contributed by atoms with Gasteiger partial charge in [0.1, 0.15) is 5.69 Å². The van der Waals surface area contributed by atoms with E-state index in [0.717, 1.165) is 5.69 Å². The smallest absolute Gasteiger partial charge is 0.272 e. The molecular formula is C15H23N3O3S. The molecular weight excluding hydrogens is 302 g/mol. The van der Waals surface area contributed by atoms with E-state index in [-0.39, 0.29) is 29.5 Å². The van der Waals surface area contributed by atoms with Crippen LogP contribution in [0.25, 0.3) is 0 Å². The van der Waals surface area contributed by atoms with Gasteiger partial charge in [-0.15, -0.1) is 0 Å². The van der Waals surface area contributed by atoms with Crippen LogP contribution >= 0.6 is 0 Å². The number of nitrogens with zero attached hydrogens (tertiary/aromatic N) is 2. The van der Waals surface area contributed by atoms with Gasteiger partial charge in [0.05, 0.1) is 11.5 Å². The Hall–Kier alpha value is -1.63. The number of carbonyl (C=O) groups excluding carboxylic acids is 1. The maximum atomic E-state index is 12.7. The molecule has 1 aliphatic rings. The number of amides is 1. The number of sulfone groups is 1. The lowest BCUT2D eigenvalue weighted by Crippen LogP contribution is -2.41. The molecule has 1 aromatic rings. The highest BCUT2D eigenvalue weighted by molar-refractivity contribution is 7.91. The molecule has 2 rings (SSSR count). The molecule has 6 nitrogen and oxygen atoms in total. The van der Waals surface area contributed by atoms with Crippen molar-refractivity contribution in [1.82, 2.24) is 9.88 Å². The van der Waals surface area contributed by atoms with E-state index in [0.29, 0.717) is 18.7 Å². The first-order chi connectivity index (χ1) is 10.3. The molecule has 0 saturated carbocycles. The van der Waals surface area contributed by atoms with Crippen LogP contribution < -0.4 is 5.32 Å². The number of carbonyl (C=O) groups is 1. The highest BCUT2D eigenvalue weighted by Gasteiger charge is 2.34. The monoisotopic (exact) mass is 325 g/mol. The fourth-order valence-electron chi connectivity index (χ4n) is 2.71. The van der Waals surface area contributed by atoms with Gasteiger partial charge in [0.25, 0.3) is 5.91 Å². The minimum absolute atomic E-state index is 0.0521. The van der Waals surface area contributed by atoms with E-state index in [2.05, 4.69) is 10.3 Å². The zero-order valence-corrected chi connectivity index (χ0v) is 14.1. The molecule has 1 N–H and O–H groups in total. The summed E-state index contributed by atoms with van der Waals surface area (Å²) in [7, 11) is -3.02. The van der Waals surface area contributed by atoms with Crippen LogP contribution in [0.3, 0.4) is 0 Å². The molecule has 7 heteroatoms. The first kappa shape index (κ1) is 16.7. The second-order valence-electron chi connectivity index (χ2n) is 5.88. The van der Waals surface area contributed by atoms with Gasteiger partial charge in [0, 0.05) is 30.5 Å². The summed E-state index contributed by atoms with van der Waals surface area (Å²) in [5, 5.41) is 3.23. The first-order valence-electron chi connectivity index (χ1n) is 7.56. The molecule has 0 radical (unpaired) electrons. The van der Waals surface area contributed by atoms with Gasteiger partial charge in [-0.25, -0.2) is 8.42 Å². The van der Waals surface area contributed by atoms with Crippen molar-refractivity contribution < 1.29 is 13.2 Å². The van der Waals surface area contributed by atoms with Crippen molar-refractivity contribution in [1.29, 1.82) is 0 Å². The Morgan fingerprint density at radius 2 is 2.23 bits per heavy atom. The van der Waals surface area contributed by atoms with Gasteiger partial charge in [-0.1, -0.05) is 0 Å². The average molecular weight is 325 g/mol. The molecule has 1 aromatic heterocycles. The minimum Gasteiger partial charge on any atom is -0.383 e. The molecule has 1 unspecified atom stereocenters. The number of aromatic nitrogens is 1. The van der Waals surface area contributed by atoms with Crippen molar-refractivity contribution in [3.05, 3.63) is 24.0 Å². The SMILES string of the molecule is CCN(C(=O)c1cc(NC(C)C)ccn1)C1CCS(=O)(=O)C1. The Balaban J connectivity index is 2.18. The second-order valence-corrected chi connectivity index (χ2v) is 8.11. The molecule has 1 amide bonds. The van der Waals surface area contributed by atoms with Crippen LogP contribution in [0, 0.1) is 0 Å². The summed E-state index contributed by atoms with van der Waals surface area (Å²) in [6, 6.07) is 3.54. The van der Waals surface area contributed by atoms with E-state index < -0.39 is 9.84 Å². The van der Waals surface area contributed by atoms with Crippen molar-refractivity contribution in [3.8, 4) is 0 Å². The van der Waals surface area contributed by atoms with E-state index >= 15 is 0 Å². The number of rotatable bonds is 5. The van der Waals surface area contributed by atoms with Gasteiger partial charge < -0.3 is 10.2 Å². The lowest BCUT2D eigenvalue weighted by molar-refractivity contribution is 0.0702. The third-order valence-corrected chi connectivity index (χ3v) is 5.44. The summed E-state index contributed by atoms with van der Waals surface area (Å²) in [6.45, 7) is 6.37. The van der Waals surface area contributed by atoms with Gasteiger partial charge in [-0.2, -0.15) is 0 Å². The number of nitrogens with one attached hydrogen (secondary N) is 1. The maximum absolute atomic E-state index is 12.7. The fourth-order valence-corrected chi connectivity index (χ4v) is 4.44. The third-order valence-electron chi connectivity index (χ3n) is 3.69. The fraction of sp³-hybridized carbons (Fsp3) is 0.600. The Labute approximate surface area is 131 Å². The van der Waals surface area contributed by atoms with Gasteiger partial charge >= 0.3 is 0 Å². The topological polar surface area (TPSA) is 79.4 Å². The number of hydrogen-bond donors (Lipinski definition) is 1. The van der Waals surface area contributed by atoms with E-state index in [1.165, 1.54) is 0 Å². The molecule has 0 bridgehead atoms. The molecule has 1 fully saturated rings. The average Bonchev–Trinajstić information content (AvgIpc) is 2.79. The molecule has 1 aliphatic heterocycles. The Morgan fingerprint density at radius 1 is 1.50 bits per heavy atom. The van der Waals surface area contributed by atoms with Gasteiger partial charge in [0.15, 0.2) is 9.84 Å². The lowest BCUT2D eigenvalue weighted by Gasteiger charge is -2.26. The zero-order valence-electron chi connectivity index (χ0n) is 13.2. The zero-order chi connectivity index (χ0) is 16.3. The quantitative estimate of drug-likeness (QED) is 0.888. The largest absolute Gasteiger partial charge is 0.383 e. The number of hydrogen-bond acceptors (Lipinski definition) is 5. The van der Waals surface area contributed by atoms with Gasteiger partial charge in [0.2, 0.25) is 0 Å². The lowest BCUT2D eigenvalue weighted by atomic mass is 10.2. The van der Waals surface area contributed by atoms with E-state index in [1.54, 1.807) is 17.2 Å². The molecule has 22 heavy (non-hydrogen) atoms. The number of anilines is 1. The molecule has 122 valence electrons. The van der Waals surface area contributed by atoms with Crippen molar-refractivity contribution in [2.24, 2.45) is 0 Å². The van der Waals surface area contributed by atoms with Crippen molar-refractivity contribution in [2.45, 2.75) is 39.3 Å². The van der Waals surface area contributed by atoms with Crippen molar-refractivity contribution in [3.63, 3.8) is 0 Å². The summed E-state index contributed by atoms with van der Waals surface area (Å²) >= 11 is 0.